The molecule has 0 amide bonds. The van der Waals surface area contributed by atoms with Gasteiger partial charge in [-0.05, 0) is 6.55 Å². The van der Waals surface area contributed by atoms with E-state index in [-0.39, 0.29) is 0 Å². The van der Waals surface area contributed by atoms with Gasteiger partial charge in [0.05, 0.1) is 21.1 Å². The van der Waals surface area contributed by atoms with E-state index in [1.54, 1.807) is 14.2 Å². The van der Waals surface area contributed by atoms with E-state index in [1.807, 2.05) is 0 Å². The summed E-state index contributed by atoms with van der Waals surface area (Å²) < 4.78 is 11.6. The quantitative estimate of drug-likeness (QED) is 0.463. The lowest BCUT2D eigenvalue weighted by Crippen LogP contribution is -2.53. The summed E-state index contributed by atoms with van der Waals surface area (Å²) in [7, 11) is 8.02. The molecule has 3 nitrogen and oxygen atoms in total. The van der Waals surface area contributed by atoms with Gasteiger partial charge >= 0.3 is 8.56 Å². The zero-order chi connectivity index (χ0) is 9.12. The van der Waals surface area contributed by atoms with Gasteiger partial charge in [-0.15, -0.1) is 0 Å². The fourth-order valence-corrected chi connectivity index (χ4v) is 3.22. The Kier molecular flexibility index (Phi) is 3.70. The molecule has 0 atom stereocenters. The van der Waals surface area contributed by atoms with Gasteiger partial charge in [0.25, 0.3) is 0 Å². The Hall–Kier alpha value is 0.0969. The second kappa shape index (κ2) is 3.67. The molecule has 4 heteroatoms. The Balaban J connectivity index is 4.08. The molecule has 0 aromatic carbocycles. The SMILES string of the molecule is CO[Si](C)(C[N+](C)(C)C)OC. The minimum absolute atomic E-state index is 0.893. The van der Waals surface area contributed by atoms with Gasteiger partial charge in [0.1, 0.15) is 6.17 Å². The molecule has 68 valence electrons. The van der Waals surface area contributed by atoms with Crippen molar-refractivity contribution in [3.63, 3.8) is 0 Å². The van der Waals surface area contributed by atoms with Crippen LogP contribution in [0.1, 0.15) is 0 Å². The van der Waals surface area contributed by atoms with E-state index < -0.39 is 8.56 Å². The van der Waals surface area contributed by atoms with Crippen molar-refractivity contribution in [3.8, 4) is 0 Å². The standard InChI is InChI=1S/C7H20NO2Si/c1-8(2,3)7-11(6,9-4)10-5/h7H2,1-6H3/q+1. The molecule has 0 saturated carbocycles. The van der Waals surface area contributed by atoms with Crippen molar-refractivity contribution < 1.29 is 13.3 Å². The van der Waals surface area contributed by atoms with E-state index in [2.05, 4.69) is 27.7 Å². The van der Waals surface area contributed by atoms with Crippen LogP contribution in [0.25, 0.3) is 0 Å². The maximum Gasteiger partial charge on any atom is 0.392 e. The van der Waals surface area contributed by atoms with Crippen LogP contribution in [0.15, 0.2) is 0 Å². The first-order valence-corrected chi connectivity index (χ1v) is 6.26. The zero-order valence-electron chi connectivity index (χ0n) is 8.47. The van der Waals surface area contributed by atoms with Crippen molar-refractivity contribution in [2.75, 3.05) is 41.5 Å². The Morgan fingerprint density at radius 1 is 1.09 bits per heavy atom. The summed E-state index contributed by atoms with van der Waals surface area (Å²) in [6, 6.07) is 0. The van der Waals surface area contributed by atoms with Crippen molar-refractivity contribution in [1.82, 2.24) is 0 Å². The molecular weight excluding hydrogens is 158 g/mol. The molecule has 0 radical (unpaired) electrons. The molecule has 0 aliphatic carbocycles. The third kappa shape index (κ3) is 4.52. The lowest BCUT2D eigenvalue weighted by Gasteiger charge is -2.32. The summed E-state index contributed by atoms with van der Waals surface area (Å²) in [5.74, 6) is 0. The van der Waals surface area contributed by atoms with Crippen molar-refractivity contribution in [3.05, 3.63) is 0 Å². The summed E-state index contributed by atoms with van der Waals surface area (Å²) in [5.41, 5.74) is 0. The first kappa shape index (κ1) is 11.1. The Bertz CT molecular complexity index is 118. The zero-order valence-corrected chi connectivity index (χ0v) is 9.47. The average Bonchev–Trinajstić information content (AvgIpc) is 1.84. The molecule has 0 heterocycles. The highest BCUT2D eigenvalue weighted by Crippen LogP contribution is 2.08. The molecule has 0 aliphatic heterocycles. The molecule has 0 rings (SSSR count). The van der Waals surface area contributed by atoms with Gasteiger partial charge in [-0.2, -0.15) is 0 Å². The van der Waals surface area contributed by atoms with Crippen molar-refractivity contribution in [2.45, 2.75) is 6.55 Å². The topological polar surface area (TPSA) is 18.5 Å². The van der Waals surface area contributed by atoms with Gasteiger partial charge in [0.15, 0.2) is 0 Å². The molecule has 0 aliphatic rings. The minimum atomic E-state index is -1.86. The molecule has 0 aromatic rings. The van der Waals surface area contributed by atoms with Crippen LogP contribution in [0, 0.1) is 0 Å². The van der Waals surface area contributed by atoms with E-state index in [1.165, 1.54) is 0 Å². The molecular formula is C7H20NO2Si+. The third-order valence-corrected chi connectivity index (χ3v) is 4.88. The number of nitrogens with zero attached hydrogens (tertiary/aromatic N) is 1. The fourth-order valence-electron chi connectivity index (χ4n) is 1.07. The number of hydrogen-bond acceptors (Lipinski definition) is 2. The summed E-state index contributed by atoms with van der Waals surface area (Å²) in [6.07, 6.45) is 0.972. The number of rotatable bonds is 4. The summed E-state index contributed by atoms with van der Waals surface area (Å²) in [5, 5.41) is 0. The number of quaternary nitrogens is 1. The van der Waals surface area contributed by atoms with Crippen LogP contribution in [0.3, 0.4) is 0 Å². The maximum absolute atomic E-state index is 5.36. The van der Waals surface area contributed by atoms with Crippen LogP contribution < -0.4 is 0 Å². The second-order valence-electron chi connectivity index (χ2n) is 3.99. The molecule has 0 spiro atoms. The molecule has 11 heavy (non-hydrogen) atoms. The molecule has 0 N–H and O–H groups in total. The van der Waals surface area contributed by atoms with Crippen LogP contribution in [-0.2, 0) is 8.85 Å². The molecule has 0 aromatic heterocycles. The summed E-state index contributed by atoms with van der Waals surface area (Å²) >= 11 is 0. The van der Waals surface area contributed by atoms with E-state index in [0.717, 1.165) is 10.7 Å². The largest absolute Gasteiger partial charge is 0.394 e. The first-order valence-electron chi connectivity index (χ1n) is 3.74. The average molecular weight is 178 g/mol. The van der Waals surface area contributed by atoms with Crippen LogP contribution >= 0.6 is 0 Å². The highest BCUT2D eigenvalue weighted by molar-refractivity contribution is 6.65. The van der Waals surface area contributed by atoms with Crippen molar-refractivity contribution in [1.29, 1.82) is 0 Å². The second-order valence-corrected chi connectivity index (χ2v) is 7.39. The molecule has 0 fully saturated rings. The minimum Gasteiger partial charge on any atom is -0.394 e. The van der Waals surface area contributed by atoms with Crippen LogP contribution in [-0.4, -0.2) is 54.6 Å². The first-order chi connectivity index (χ1) is 4.83. The van der Waals surface area contributed by atoms with Gasteiger partial charge in [-0.3, -0.25) is 0 Å². The van der Waals surface area contributed by atoms with Gasteiger partial charge in [0, 0.05) is 14.2 Å². The van der Waals surface area contributed by atoms with Crippen molar-refractivity contribution >= 4 is 8.56 Å². The van der Waals surface area contributed by atoms with Gasteiger partial charge in [-0.1, -0.05) is 0 Å². The lowest BCUT2D eigenvalue weighted by atomic mass is 10.8. The Morgan fingerprint density at radius 2 is 1.45 bits per heavy atom. The fraction of sp³-hybridized carbons (Fsp3) is 1.00. The van der Waals surface area contributed by atoms with E-state index >= 15 is 0 Å². The maximum atomic E-state index is 5.36. The summed E-state index contributed by atoms with van der Waals surface area (Å²) in [6.45, 7) is 2.08. The molecule has 0 unspecified atom stereocenters. The highest BCUT2D eigenvalue weighted by Gasteiger charge is 2.35. The van der Waals surface area contributed by atoms with Gasteiger partial charge in [-0.25, -0.2) is 0 Å². The van der Waals surface area contributed by atoms with Gasteiger partial charge in [0.2, 0.25) is 0 Å². The molecule has 0 bridgehead atoms. The lowest BCUT2D eigenvalue weighted by molar-refractivity contribution is -0.861. The summed E-state index contributed by atoms with van der Waals surface area (Å²) in [4.78, 5) is 0. The highest BCUT2D eigenvalue weighted by atomic mass is 28.4. The molecule has 0 saturated heterocycles. The van der Waals surface area contributed by atoms with E-state index in [9.17, 15) is 0 Å². The monoisotopic (exact) mass is 178 g/mol. The normalized spacial score (nSPS) is 13.6. The van der Waals surface area contributed by atoms with Gasteiger partial charge < -0.3 is 13.3 Å². The van der Waals surface area contributed by atoms with Crippen molar-refractivity contribution in [2.24, 2.45) is 0 Å². The van der Waals surface area contributed by atoms with Crippen LogP contribution in [0.5, 0.6) is 0 Å². The Labute approximate surface area is 70.8 Å². The predicted molar refractivity (Wildman–Crippen MR) is 48.5 cm³/mol. The predicted octanol–water partition coefficient (Wildman–Crippen LogP) is 0.597. The van der Waals surface area contributed by atoms with E-state index in [0.29, 0.717) is 0 Å². The van der Waals surface area contributed by atoms with E-state index in [4.69, 9.17) is 8.85 Å². The number of hydrogen-bond donors (Lipinski definition) is 0. The third-order valence-electron chi connectivity index (χ3n) is 1.63. The van der Waals surface area contributed by atoms with Crippen LogP contribution in [0.2, 0.25) is 6.55 Å². The van der Waals surface area contributed by atoms with Crippen LogP contribution in [0.4, 0.5) is 0 Å². The smallest absolute Gasteiger partial charge is 0.392 e. The Morgan fingerprint density at radius 3 is 1.55 bits per heavy atom.